The molecule has 0 aliphatic carbocycles. The number of unbranched alkanes of at least 4 members (excludes halogenated alkanes) is 4. The molecular formula is C16H28BrN3O. The molecule has 0 bridgehead atoms. The van der Waals surface area contributed by atoms with E-state index in [0.717, 1.165) is 24.9 Å². The minimum Gasteiger partial charge on any atom is -0.380 e. The molecule has 5 heteroatoms. The molecule has 120 valence electrons. The second kappa shape index (κ2) is 9.98. The first-order valence-corrected chi connectivity index (χ1v) is 8.91. The summed E-state index contributed by atoms with van der Waals surface area (Å²) in [6.07, 6.45) is 9.95. The topological polar surface area (TPSA) is 46.9 Å². The lowest BCUT2D eigenvalue weighted by Crippen LogP contribution is -2.26. The number of aromatic nitrogens is 2. The maximum Gasteiger partial charge on any atom is 0.283 e. The Balaban J connectivity index is 2.59. The van der Waals surface area contributed by atoms with Crippen LogP contribution >= 0.6 is 15.9 Å². The fraction of sp³-hybridized carbons (Fsp3) is 0.750. The van der Waals surface area contributed by atoms with Gasteiger partial charge in [0.05, 0.1) is 11.9 Å². The van der Waals surface area contributed by atoms with E-state index in [4.69, 9.17) is 0 Å². The highest BCUT2D eigenvalue weighted by Gasteiger charge is 2.10. The van der Waals surface area contributed by atoms with Crippen LogP contribution in [0.4, 0.5) is 5.69 Å². The van der Waals surface area contributed by atoms with Crippen LogP contribution in [0.2, 0.25) is 0 Å². The highest BCUT2D eigenvalue weighted by atomic mass is 79.9. The van der Waals surface area contributed by atoms with Crippen LogP contribution in [0.3, 0.4) is 0 Å². The van der Waals surface area contributed by atoms with Crippen LogP contribution in [-0.4, -0.2) is 15.8 Å². The van der Waals surface area contributed by atoms with E-state index in [2.05, 4.69) is 47.1 Å². The first-order chi connectivity index (χ1) is 10.1. The van der Waals surface area contributed by atoms with Crippen molar-refractivity contribution >= 4 is 21.6 Å². The number of anilines is 1. The first kappa shape index (κ1) is 18.2. The summed E-state index contributed by atoms with van der Waals surface area (Å²) >= 11 is 3.41. The molecule has 0 radical (unpaired) electrons. The molecular weight excluding hydrogens is 330 g/mol. The Labute approximate surface area is 136 Å². The van der Waals surface area contributed by atoms with Crippen LogP contribution < -0.4 is 10.9 Å². The third-order valence-corrected chi connectivity index (χ3v) is 4.37. The average Bonchev–Trinajstić information content (AvgIpc) is 2.48. The molecule has 1 unspecified atom stereocenters. The molecule has 0 spiro atoms. The van der Waals surface area contributed by atoms with Gasteiger partial charge in [-0.05, 0) is 35.7 Å². The molecule has 1 aromatic heterocycles. The van der Waals surface area contributed by atoms with E-state index >= 15 is 0 Å². The minimum absolute atomic E-state index is 0.0494. The van der Waals surface area contributed by atoms with Gasteiger partial charge < -0.3 is 5.32 Å². The van der Waals surface area contributed by atoms with Crippen molar-refractivity contribution in [1.29, 1.82) is 0 Å². The molecule has 4 nitrogen and oxygen atoms in total. The fourth-order valence-electron chi connectivity index (χ4n) is 2.25. The van der Waals surface area contributed by atoms with Gasteiger partial charge in [-0.3, -0.25) is 4.79 Å². The number of hydrogen-bond donors (Lipinski definition) is 1. The predicted octanol–water partition coefficient (Wildman–Crippen LogP) is 4.58. The summed E-state index contributed by atoms with van der Waals surface area (Å²) in [7, 11) is 0. The summed E-state index contributed by atoms with van der Waals surface area (Å²) in [5.74, 6) is 0. The summed E-state index contributed by atoms with van der Waals surface area (Å²) < 4.78 is 2.12. The van der Waals surface area contributed by atoms with Crippen LogP contribution in [0.25, 0.3) is 0 Å². The van der Waals surface area contributed by atoms with Crippen LogP contribution in [0, 0.1) is 0 Å². The molecule has 1 rings (SSSR count). The Morgan fingerprint density at radius 3 is 2.62 bits per heavy atom. The van der Waals surface area contributed by atoms with Crippen molar-refractivity contribution in [1.82, 2.24) is 9.78 Å². The van der Waals surface area contributed by atoms with Crippen molar-refractivity contribution in [2.75, 3.05) is 5.32 Å². The van der Waals surface area contributed by atoms with E-state index in [9.17, 15) is 4.79 Å². The van der Waals surface area contributed by atoms with Crippen molar-refractivity contribution in [3.63, 3.8) is 0 Å². The van der Waals surface area contributed by atoms with E-state index in [1.807, 2.05) is 0 Å². The lowest BCUT2D eigenvalue weighted by atomic mass is 10.1. The number of nitrogens with one attached hydrogen (secondary N) is 1. The zero-order valence-corrected chi connectivity index (χ0v) is 15.1. The second-order valence-electron chi connectivity index (χ2n) is 5.65. The van der Waals surface area contributed by atoms with Crippen molar-refractivity contribution in [3.05, 3.63) is 21.0 Å². The minimum atomic E-state index is -0.0494. The van der Waals surface area contributed by atoms with Gasteiger partial charge in [0, 0.05) is 12.6 Å². The SMILES string of the molecule is CCCCCCC(C)Nc1cnn(CCCC)c(=O)c1Br. The molecule has 0 saturated carbocycles. The second-order valence-corrected chi connectivity index (χ2v) is 6.44. The number of halogens is 1. The predicted molar refractivity (Wildman–Crippen MR) is 92.9 cm³/mol. The summed E-state index contributed by atoms with van der Waals surface area (Å²) in [4.78, 5) is 12.2. The largest absolute Gasteiger partial charge is 0.380 e. The molecule has 1 N–H and O–H groups in total. The molecule has 0 aromatic carbocycles. The van der Waals surface area contributed by atoms with Gasteiger partial charge in [-0.1, -0.05) is 46.0 Å². The van der Waals surface area contributed by atoms with E-state index in [1.54, 1.807) is 6.20 Å². The molecule has 1 heterocycles. The number of nitrogens with zero attached hydrogens (tertiary/aromatic N) is 2. The Bertz CT molecular complexity index is 473. The molecule has 0 saturated heterocycles. The monoisotopic (exact) mass is 357 g/mol. The maximum atomic E-state index is 12.2. The highest BCUT2D eigenvalue weighted by molar-refractivity contribution is 9.10. The Kier molecular flexibility index (Phi) is 8.66. The van der Waals surface area contributed by atoms with E-state index in [-0.39, 0.29) is 5.56 Å². The molecule has 0 aliphatic heterocycles. The van der Waals surface area contributed by atoms with Crippen LogP contribution in [0.5, 0.6) is 0 Å². The van der Waals surface area contributed by atoms with Gasteiger partial charge in [0.25, 0.3) is 5.56 Å². The Morgan fingerprint density at radius 1 is 1.24 bits per heavy atom. The summed E-state index contributed by atoms with van der Waals surface area (Å²) in [5.41, 5.74) is 0.752. The lowest BCUT2D eigenvalue weighted by Gasteiger charge is -2.16. The Hall–Kier alpha value is -0.840. The van der Waals surface area contributed by atoms with Crippen LogP contribution in [0.15, 0.2) is 15.5 Å². The highest BCUT2D eigenvalue weighted by Crippen LogP contribution is 2.19. The van der Waals surface area contributed by atoms with E-state index in [0.29, 0.717) is 17.1 Å². The zero-order chi connectivity index (χ0) is 15.7. The molecule has 0 amide bonds. The first-order valence-electron chi connectivity index (χ1n) is 8.12. The summed E-state index contributed by atoms with van der Waals surface area (Å²) in [5, 5.41) is 7.64. The van der Waals surface area contributed by atoms with Crippen molar-refractivity contribution in [2.45, 2.75) is 78.3 Å². The molecule has 1 atom stereocenters. The maximum absolute atomic E-state index is 12.2. The molecule has 0 aliphatic rings. The number of rotatable bonds is 10. The lowest BCUT2D eigenvalue weighted by molar-refractivity contribution is 0.540. The normalized spacial score (nSPS) is 12.4. The van der Waals surface area contributed by atoms with Crippen LogP contribution in [-0.2, 0) is 6.54 Å². The third kappa shape index (κ3) is 6.20. The van der Waals surface area contributed by atoms with Crippen molar-refractivity contribution in [3.8, 4) is 0 Å². The van der Waals surface area contributed by atoms with Gasteiger partial charge in [-0.2, -0.15) is 5.10 Å². The molecule has 0 fully saturated rings. The van der Waals surface area contributed by atoms with Gasteiger partial charge in [0.2, 0.25) is 0 Å². The molecule has 1 aromatic rings. The van der Waals surface area contributed by atoms with Gasteiger partial charge >= 0.3 is 0 Å². The zero-order valence-electron chi connectivity index (χ0n) is 13.5. The molecule has 21 heavy (non-hydrogen) atoms. The van der Waals surface area contributed by atoms with Gasteiger partial charge in [-0.15, -0.1) is 0 Å². The summed E-state index contributed by atoms with van der Waals surface area (Å²) in [6.45, 7) is 7.16. The number of aryl methyl sites for hydroxylation is 1. The van der Waals surface area contributed by atoms with Gasteiger partial charge in [0.15, 0.2) is 0 Å². The van der Waals surface area contributed by atoms with E-state index < -0.39 is 0 Å². The standard InChI is InChI=1S/C16H28BrN3O/c1-4-6-8-9-10-13(3)19-14-12-18-20(11-7-5-2)16(21)15(14)17/h12-13,19H,4-11H2,1-3H3. The van der Waals surface area contributed by atoms with Crippen molar-refractivity contribution < 1.29 is 0 Å². The van der Waals surface area contributed by atoms with Crippen LogP contribution in [0.1, 0.15) is 65.7 Å². The Morgan fingerprint density at radius 2 is 1.95 bits per heavy atom. The van der Waals surface area contributed by atoms with Gasteiger partial charge in [0.1, 0.15) is 4.47 Å². The van der Waals surface area contributed by atoms with Crippen molar-refractivity contribution in [2.24, 2.45) is 0 Å². The quantitative estimate of drug-likeness (QED) is 0.623. The smallest absolute Gasteiger partial charge is 0.283 e. The number of hydrogen-bond acceptors (Lipinski definition) is 3. The average molecular weight is 358 g/mol. The fourth-order valence-corrected chi connectivity index (χ4v) is 2.67. The third-order valence-electron chi connectivity index (χ3n) is 3.60. The summed E-state index contributed by atoms with van der Waals surface area (Å²) in [6, 6.07) is 0.353. The van der Waals surface area contributed by atoms with E-state index in [1.165, 1.54) is 30.4 Å². The van der Waals surface area contributed by atoms with Gasteiger partial charge in [-0.25, -0.2) is 4.68 Å².